The van der Waals surface area contributed by atoms with Gasteiger partial charge in [-0.3, -0.25) is 9.48 Å². The van der Waals surface area contributed by atoms with Crippen LogP contribution >= 0.6 is 22.6 Å². The lowest BCUT2D eigenvalue weighted by molar-refractivity contribution is 0.0792. The average Bonchev–Trinajstić information content (AvgIpc) is 2.93. The first kappa shape index (κ1) is 14.0. The van der Waals surface area contributed by atoms with Crippen molar-refractivity contribution >= 4 is 34.2 Å². The fraction of sp³-hybridized carbons (Fsp3) is 0.364. The Morgan fingerprint density at radius 3 is 2.95 bits per heavy atom. The van der Waals surface area contributed by atoms with Gasteiger partial charge >= 0.3 is 0 Å². The van der Waals surface area contributed by atoms with Crippen LogP contribution in [0.4, 0.5) is 5.69 Å². The average molecular weight is 375 g/mol. The Kier molecular flexibility index (Phi) is 4.53. The molecule has 0 fully saturated rings. The quantitative estimate of drug-likeness (QED) is 0.804. The Morgan fingerprint density at radius 1 is 1.53 bits per heavy atom. The number of anilines is 1. The molecule has 0 radical (unpaired) electrons. The number of hydrogen-bond donors (Lipinski definition) is 1. The number of aryl methyl sites for hydroxylation is 1. The number of amides is 1. The molecule has 7 nitrogen and oxygen atoms in total. The second-order valence-corrected chi connectivity index (χ2v) is 5.01. The van der Waals surface area contributed by atoms with Crippen molar-refractivity contribution in [1.82, 2.24) is 19.6 Å². The Bertz CT molecular complexity index is 577. The van der Waals surface area contributed by atoms with Crippen molar-refractivity contribution in [2.75, 3.05) is 11.9 Å². The first-order valence-electron chi connectivity index (χ1n) is 5.71. The molecule has 0 aliphatic carbocycles. The van der Waals surface area contributed by atoms with Crippen LogP contribution < -0.4 is 5.32 Å². The number of aromatic nitrogens is 4. The maximum atomic E-state index is 12.0. The van der Waals surface area contributed by atoms with Crippen LogP contribution in [0, 0.1) is 3.57 Å². The molecule has 0 saturated heterocycles. The first-order valence-corrected chi connectivity index (χ1v) is 6.78. The fourth-order valence-electron chi connectivity index (χ4n) is 1.49. The molecule has 0 bridgehead atoms. The van der Waals surface area contributed by atoms with Crippen LogP contribution in [0.3, 0.4) is 0 Å². The minimum atomic E-state index is -0.249. The molecule has 2 heterocycles. The lowest BCUT2D eigenvalue weighted by Gasteiger charge is -2.01. The van der Waals surface area contributed by atoms with E-state index in [0.717, 1.165) is 3.57 Å². The van der Waals surface area contributed by atoms with Gasteiger partial charge < -0.3 is 10.1 Å². The number of carbonyl (C=O) groups is 1. The van der Waals surface area contributed by atoms with Gasteiger partial charge in [0.15, 0.2) is 5.69 Å². The van der Waals surface area contributed by atoms with E-state index in [4.69, 9.17) is 4.74 Å². The van der Waals surface area contributed by atoms with E-state index in [9.17, 15) is 4.79 Å². The molecule has 2 aromatic heterocycles. The summed E-state index contributed by atoms with van der Waals surface area (Å²) in [5.74, 6) is -0.249. The fourth-order valence-corrected chi connectivity index (χ4v) is 2.24. The number of nitrogens with one attached hydrogen (secondary N) is 1. The largest absolute Gasteiger partial charge is 0.360 e. The van der Waals surface area contributed by atoms with Gasteiger partial charge in [0.1, 0.15) is 6.73 Å². The second kappa shape index (κ2) is 6.15. The summed E-state index contributed by atoms with van der Waals surface area (Å²) in [4.78, 5) is 12.0. The molecule has 2 aromatic rings. The van der Waals surface area contributed by atoms with Gasteiger partial charge in [-0.2, -0.15) is 10.2 Å². The predicted octanol–water partition coefficient (Wildman–Crippen LogP) is 1.47. The number of ether oxygens (including phenoxy) is 1. The smallest absolute Gasteiger partial charge is 0.277 e. The summed E-state index contributed by atoms with van der Waals surface area (Å²) >= 11 is 2.08. The van der Waals surface area contributed by atoms with E-state index >= 15 is 0 Å². The van der Waals surface area contributed by atoms with Crippen molar-refractivity contribution in [2.24, 2.45) is 7.05 Å². The van der Waals surface area contributed by atoms with Crippen LogP contribution in [0.5, 0.6) is 0 Å². The summed E-state index contributed by atoms with van der Waals surface area (Å²) in [7, 11) is 1.78. The van der Waals surface area contributed by atoms with Gasteiger partial charge in [0.25, 0.3) is 5.91 Å². The Hall–Kier alpha value is -1.42. The summed E-state index contributed by atoms with van der Waals surface area (Å²) in [6, 6.07) is 0. The standard InChI is InChI=1S/C11H14IN5O2/c1-3-19-7-17-5-8(4-13-17)14-11(18)10-9(12)6-16(2)15-10/h4-6H,3,7H2,1-2H3,(H,14,18). The first-order chi connectivity index (χ1) is 9.10. The molecule has 0 spiro atoms. The van der Waals surface area contributed by atoms with E-state index in [1.54, 1.807) is 35.0 Å². The SMILES string of the molecule is CCOCn1cc(NC(=O)c2nn(C)cc2I)cn1. The lowest BCUT2D eigenvalue weighted by atomic mass is 10.4. The molecule has 1 N–H and O–H groups in total. The Labute approximate surface area is 124 Å². The minimum Gasteiger partial charge on any atom is -0.360 e. The van der Waals surface area contributed by atoms with E-state index in [1.807, 2.05) is 6.92 Å². The van der Waals surface area contributed by atoms with Crippen LogP contribution in [-0.4, -0.2) is 32.1 Å². The van der Waals surface area contributed by atoms with Crippen molar-refractivity contribution in [1.29, 1.82) is 0 Å². The Balaban J connectivity index is 2.02. The minimum absolute atomic E-state index is 0.249. The zero-order chi connectivity index (χ0) is 13.8. The van der Waals surface area contributed by atoms with Crippen LogP contribution in [0.1, 0.15) is 17.4 Å². The van der Waals surface area contributed by atoms with Gasteiger partial charge in [0.2, 0.25) is 0 Å². The number of nitrogens with zero attached hydrogens (tertiary/aromatic N) is 4. The zero-order valence-electron chi connectivity index (χ0n) is 10.6. The van der Waals surface area contributed by atoms with Crippen LogP contribution in [-0.2, 0) is 18.5 Å². The van der Waals surface area contributed by atoms with Gasteiger partial charge in [-0.25, -0.2) is 4.68 Å². The molecular weight excluding hydrogens is 361 g/mol. The maximum absolute atomic E-state index is 12.0. The highest BCUT2D eigenvalue weighted by Gasteiger charge is 2.15. The molecule has 0 aliphatic rings. The summed E-state index contributed by atoms with van der Waals surface area (Å²) in [5, 5.41) is 10.9. The van der Waals surface area contributed by atoms with Crippen molar-refractivity contribution in [3.8, 4) is 0 Å². The van der Waals surface area contributed by atoms with E-state index in [2.05, 4.69) is 38.1 Å². The van der Waals surface area contributed by atoms with Gasteiger partial charge in [-0.1, -0.05) is 0 Å². The van der Waals surface area contributed by atoms with Gasteiger partial charge in [-0.05, 0) is 29.5 Å². The molecule has 0 atom stereocenters. The number of carbonyl (C=O) groups excluding carboxylic acids is 1. The summed E-state index contributed by atoms with van der Waals surface area (Å²) in [6.07, 6.45) is 5.07. The third-order valence-electron chi connectivity index (χ3n) is 2.32. The summed E-state index contributed by atoms with van der Waals surface area (Å²) in [5.41, 5.74) is 1.02. The van der Waals surface area contributed by atoms with Crippen LogP contribution in [0.2, 0.25) is 0 Å². The highest BCUT2D eigenvalue weighted by atomic mass is 127. The lowest BCUT2D eigenvalue weighted by Crippen LogP contribution is -2.13. The topological polar surface area (TPSA) is 74.0 Å². The molecular formula is C11H14IN5O2. The molecule has 19 heavy (non-hydrogen) atoms. The van der Waals surface area contributed by atoms with Crippen LogP contribution in [0.15, 0.2) is 18.6 Å². The second-order valence-electron chi connectivity index (χ2n) is 3.84. The normalized spacial score (nSPS) is 10.7. The van der Waals surface area contributed by atoms with Gasteiger partial charge in [0.05, 0.1) is 21.7 Å². The summed E-state index contributed by atoms with van der Waals surface area (Å²) < 4.78 is 9.24. The molecule has 0 unspecified atom stereocenters. The zero-order valence-corrected chi connectivity index (χ0v) is 12.8. The Morgan fingerprint density at radius 2 is 2.32 bits per heavy atom. The number of hydrogen-bond acceptors (Lipinski definition) is 4. The third kappa shape index (κ3) is 3.53. The number of halogens is 1. The monoisotopic (exact) mass is 375 g/mol. The predicted molar refractivity (Wildman–Crippen MR) is 77.7 cm³/mol. The van der Waals surface area contributed by atoms with Crippen molar-refractivity contribution < 1.29 is 9.53 Å². The molecule has 1 amide bonds. The van der Waals surface area contributed by atoms with Crippen molar-refractivity contribution in [2.45, 2.75) is 13.7 Å². The maximum Gasteiger partial charge on any atom is 0.277 e. The van der Waals surface area contributed by atoms with E-state index in [1.165, 1.54) is 0 Å². The van der Waals surface area contributed by atoms with E-state index in [0.29, 0.717) is 24.7 Å². The third-order valence-corrected chi connectivity index (χ3v) is 3.11. The highest BCUT2D eigenvalue weighted by molar-refractivity contribution is 14.1. The molecule has 8 heteroatoms. The van der Waals surface area contributed by atoms with Crippen molar-refractivity contribution in [3.63, 3.8) is 0 Å². The molecule has 102 valence electrons. The van der Waals surface area contributed by atoms with Gasteiger partial charge in [-0.15, -0.1) is 0 Å². The highest BCUT2D eigenvalue weighted by Crippen LogP contribution is 2.12. The van der Waals surface area contributed by atoms with E-state index in [-0.39, 0.29) is 5.91 Å². The summed E-state index contributed by atoms with van der Waals surface area (Å²) in [6.45, 7) is 2.90. The number of rotatable bonds is 5. The van der Waals surface area contributed by atoms with Crippen molar-refractivity contribution in [3.05, 3.63) is 27.9 Å². The molecule has 2 rings (SSSR count). The molecule has 0 aliphatic heterocycles. The molecule has 0 saturated carbocycles. The molecule has 0 aromatic carbocycles. The van der Waals surface area contributed by atoms with Crippen LogP contribution in [0.25, 0.3) is 0 Å². The van der Waals surface area contributed by atoms with E-state index < -0.39 is 0 Å². The van der Waals surface area contributed by atoms with Gasteiger partial charge in [0, 0.05) is 19.9 Å².